The number of hydrogen-bond donors (Lipinski definition) is 1. The molecular weight excluding hydrogens is 379 g/mol. The zero-order valence-electron chi connectivity index (χ0n) is 14.6. The SMILES string of the molecule is COCCOC(=O)C1=C(C)N(C2CC2)C(=O)NC1c1cccc(Cl)c1Cl. The minimum absolute atomic E-state index is 0.118. The molecule has 26 heavy (non-hydrogen) atoms. The van der Waals surface area contributed by atoms with Crippen molar-refractivity contribution in [1.29, 1.82) is 0 Å². The van der Waals surface area contributed by atoms with Crippen LogP contribution in [-0.4, -0.2) is 43.3 Å². The molecule has 1 saturated carbocycles. The Bertz CT molecular complexity index is 762. The van der Waals surface area contributed by atoms with Gasteiger partial charge >= 0.3 is 12.0 Å². The van der Waals surface area contributed by atoms with E-state index in [1.165, 1.54) is 7.11 Å². The number of esters is 1. The monoisotopic (exact) mass is 398 g/mol. The van der Waals surface area contributed by atoms with Crippen molar-refractivity contribution in [3.8, 4) is 0 Å². The number of carbonyl (C=O) groups is 2. The molecule has 1 aromatic carbocycles. The van der Waals surface area contributed by atoms with E-state index in [2.05, 4.69) is 5.32 Å². The van der Waals surface area contributed by atoms with Gasteiger partial charge in [0, 0.05) is 18.8 Å². The van der Waals surface area contributed by atoms with E-state index in [1.54, 1.807) is 30.0 Å². The Balaban J connectivity index is 2.02. The Labute approximate surface area is 162 Å². The third-order valence-corrected chi connectivity index (χ3v) is 5.30. The minimum atomic E-state index is -0.723. The maximum Gasteiger partial charge on any atom is 0.338 e. The lowest BCUT2D eigenvalue weighted by Gasteiger charge is -2.35. The fourth-order valence-electron chi connectivity index (χ4n) is 3.07. The summed E-state index contributed by atoms with van der Waals surface area (Å²) < 4.78 is 10.2. The van der Waals surface area contributed by atoms with Gasteiger partial charge in [0.1, 0.15) is 6.61 Å². The number of ether oxygens (including phenoxy) is 2. The molecule has 2 amide bonds. The van der Waals surface area contributed by atoms with E-state index in [4.69, 9.17) is 32.7 Å². The van der Waals surface area contributed by atoms with Crippen LogP contribution in [0, 0.1) is 0 Å². The standard InChI is InChI=1S/C18H20Cl2N2O4/c1-10-14(17(23)26-9-8-25-2)16(12-4-3-5-13(19)15(12)20)21-18(24)22(10)11-6-7-11/h3-5,11,16H,6-9H2,1-2H3,(H,21,24). The first-order valence-electron chi connectivity index (χ1n) is 8.36. The second-order valence-corrected chi connectivity index (χ2v) is 7.04. The number of rotatable bonds is 6. The molecule has 1 unspecified atom stereocenters. The first-order chi connectivity index (χ1) is 12.5. The minimum Gasteiger partial charge on any atom is -0.460 e. The lowest BCUT2D eigenvalue weighted by atomic mass is 9.94. The summed E-state index contributed by atoms with van der Waals surface area (Å²) in [5.74, 6) is -0.508. The number of urea groups is 1. The molecule has 1 fully saturated rings. The average molecular weight is 399 g/mol. The van der Waals surface area contributed by atoms with Gasteiger partial charge in [-0.25, -0.2) is 9.59 Å². The van der Waals surface area contributed by atoms with Crippen LogP contribution in [0.5, 0.6) is 0 Å². The van der Waals surface area contributed by atoms with Crippen molar-refractivity contribution < 1.29 is 19.1 Å². The van der Waals surface area contributed by atoms with Crippen molar-refractivity contribution in [3.05, 3.63) is 45.1 Å². The molecule has 2 aliphatic rings. The van der Waals surface area contributed by atoms with Crippen LogP contribution in [-0.2, 0) is 14.3 Å². The van der Waals surface area contributed by atoms with E-state index in [0.29, 0.717) is 33.5 Å². The molecule has 140 valence electrons. The molecule has 0 aromatic heterocycles. The summed E-state index contributed by atoms with van der Waals surface area (Å²) in [4.78, 5) is 27.0. The molecule has 1 aliphatic heterocycles. The Morgan fingerprint density at radius 3 is 2.69 bits per heavy atom. The molecule has 0 spiro atoms. The predicted octanol–water partition coefficient (Wildman–Crippen LogP) is 3.69. The Kier molecular flexibility index (Phi) is 5.75. The predicted molar refractivity (Wildman–Crippen MR) is 98.1 cm³/mol. The molecular formula is C18H20Cl2N2O4. The molecule has 3 rings (SSSR count). The highest BCUT2D eigenvalue weighted by atomic mass is 35.5. The topological polar surface area (TPSA) is 67.9 Å². The molecule has 1 N–H and O–H groups in total. The quantitative estimate of drug-likeness (QED) is 0.585. The summed E-state index contributed by atoms with van der Waals surface area (Å²) in [6, 6.07) is 4.26. The lowest BCUT2D eigenvalue weighted by molar-refractivity contribution is -0.140. The summed E-state index contributed by atoms with van der Waals surface area (Å²) in [6.07, 6.45) is 1.83. The highest BCUT2D eigenvalue weighted by molar-refractivity contribution is 6.42. The normalized spacial score (nSPS) is 20.2. The molecule has 1 heterocycles. The first kappa shape index (κ1) is 19.0. The number of amides is 2. The number of halogens is 2. The van der Waals surface area contributed by atoms with Crippen LogP contribution in [0.4, 0.5) is 4.79 Å². The van der Waals surface area contributed by atoms with Crippen molar-refractivity contribution in [1.82, 2.24) is 10.2 Å². The highest BCUT2D eigenvalue weighted by Gasteiger charge is 2.43. The number of nitrogens with one attached hydrogen (secondary N) is 1. The number of benzene rings is 1. The maximum absolute atomic E-state index is 12.8. The van der Waals surface area contributed by atoms with Gasteiger partial charge < -0.3 is 14.8 Å². The van der Waals surface area contributed by atoms with Gasteiger partial charge in [-0.15, -0.1) is 0 Å². The third kappa shape index (κ3) is 3.68. The van der Waals surface area contributed by atoms with Gasteiger partial charge in [-0.2, -0.15) is 0 Å². The molecule has 0 radical (unpaired) electrons. The summed E-state index contributed by atoms with van der Waals surface area (Å²) in [7, 11) is 1.53. The molecule has 8 heteroatoms. The van der Waals surface area contributed by atoms with Crippen LogP contribution in [0.15, 0.2) is 29.5 Å². The fourth-order valence-corrected chi connectivity index (χ4v) is 3.48. The second-order valence-electron chi connectivity index (χ2n) is 6.25. The Morgan fingerprint density at radius 1 is 1.31 bits per heavy atom. The number of nitrogens with zero attached hydrogens (tertiary/aromatic N) is 1. The van der Waals surface area contributed by atoms with Gasteiger partial charge in [-0.05, 0) is 31.4 Å². The van der Waals surface area contributed by atoms with Crippen molar-refractivity contribution in [2.24, 2.45) is 0 Å². The van der Waals surface area contributed by atoms with E-state index < -0.39 is 12.0 Å². The van der Waals surface area contributed by atoms with E-state index in [1.807, 2.05) is 0 Å². The van der Waals surface area contributed by atoms with Crippen molar-refractivity contribution in [2.75, 3.05) is 20.3 Å². The molecule has 0 saturated heterocycles. The van der Waals surface area contributed by atoms with Crippen LogP contribution in [0.1, 0.15) is 31.4 Å². The van der Waals surface area contributed by atoms with E-state index in [0.717, 1.165) is 12.8 Å². The molecule has 6 nitrogen and oxygen atoms in total. The largest absolute Gasteiger partial charge is 0.460 e. The van der Waals surface area contributed by atoms with Gasteiger partial charge in [0.05, 0.1) is 28.3 Å². The van der Waals surface area contributed by atoms with Gasteiger partial charge in [-0.3, -0.25) is 4.90 Å². The van der Waals surface area contributed by atoms with E-state index in [9.17, 15) is 9.59 Å². The molecule has 1 aromatic rings. The van der Waals surface area contributed by atoms with Crippen LogP contribution >= 0.6 is 23.2 Å². The highest BCUT2D eigenvalue weighted by Crippen LogP contribution is 2.40. The van der Waals surface area contributed by atoms with Crippen LogP contribution in [0.3, 0.4) is 0 Å². The Hall–Kier alpha value is -1.76. The van der Waals surface area contributed by atoms with Crippen molar-refractivity contribution in [3.63, 3.8) is 0 Å². The third-order valence-electron chi connectivity index (χ3n) is 4.47. The number of hydrogen-bond acceptors (Lipinski definition) is 4. The van der Waals surface area contributed by atoms with Crippen molar-refractivity contribution >= 4 is 35.2 Å². The van der Waals surface area contributed by atoms with Gasteiger partial charge in [-0.1, -0.05) is 35.3 Å². The molecule has 1 atom stereocenters. The summed E-state index contributed by atoms with van der Waals surface area (Å²) >= 11 is 12.5. The van der Waals surface area contributed by atoms with E-state index >= 15 is 0 Å². The van der Waals surface area contributed by atoms with Crippen LogP contribution < -0.4 is 5.32 Å². The second kappa shape index (κ2) is 7.86. The van der Waals surface area contributed by atoms with Crippen molar-refractivity contribution in [2.45, 2.75) is 31.8 Å². The average Bonchev–Trinajstić information content (AvgIpc) is 3.42. The van der Waals surface area contributed by atoms with Gasteiger partial charge in [0.2, 0.25) is 0 Å². The zero-order chi connectivity index (χ0) is 18.8. The van der Waals surface area contributed by atoms with Crippen LogP contribution in [0.2, 0.25) is 10.0 Å². The molecule has 1 aliphatic carbocycles. The Morgan fingerprint density at radius 2 is 2.04 bits per heavy atom. The lowest BCUT2D eigenvalue weighted by Crippen LogP contribution is -2.49. The van der Waals surface area contributed by atoms with E-state index in [-0.39, 0.29) is 18.7 Å². The number of methoxy groups -OCH3 is 1. The van der Waals surface area contributed by atoms with Gasteiger partial charge in [0.25, 0.3) is 0 Å². The smallest absolute Gasteiger partial charge is 0.338 e. The summed E-state index contributed by atoms with van der Waals surface area (Å²) in [5, 5.41) is 3.53. The van der Waals surface area contributed by atoms with Gasteiger partial charge in [0.15, 0.2) is 0 Å². The molecule has 0 bridgehead atoms. The zero-order valence-corrected chi connectivity index (χ0v) is 16.1. The number of allylic oxidation sites excluding steroid dienone is 1. The summed E-state index contributed by atoms with van der Waals surface area (Å²) in [6.45, 7) is 2.17. The van der Waals surface area contributed by atoms with Crippen LogP contribution in [0.25, 0.3) is 0 Å². The number of carbonyl (C=O) groups excluding carboxylic acids is 2. The fraction of sp³-hybridized carbons (Fsp3) is 0.444. The summed E-state index contributed by atoms with van der Waals surface area (Å²) in [5.41, 5.74) is 1.50. The first-order valence-corrected chi connectivity index (χ1v) is 9.11. The maximum atomic E-state index is 12.8.